The van der Waals surface area contributed by atoms with Crippen molar-refractivity contribution in [3.63, 3.8) is 0 Å². The van der Waals surface area contributed by atoms with Crippen LogP contribution < -0.4 is 11.3 Å². The Balaban J connectivity index is 2.20. The van der Waals surface area contributed by atoms with Gasteiger partial charge in [-0.1, -0.05) is 12.1 Å². The standard InChI is InChI=1S/C13H15FN2S/c1-9-2-3-11(7-12(9)14)13(16-15)6-10-4-5-17-8-10/h2-5,7-8,13,16H,6,15H2,1H3. The van der Waals surface area contributed by atoms with Crippen LogP contribution in [0.3, 0.4) is 0 Å². The van der Waals surface area contributed by atoms with E-state index in [4.69, 9.17) is 5.84 Å². The van der Waals surface area contributed by atoms with Gasteiger partial charge in [0.25, 0.3) is 0 Å². The number of benzene rings is 1. The number of hydrazine groups is 1. The minimum atomic E-state index is -0.187. The second kappa shape index (κ2) is 5.40. The van der Waals surface area contributed by atoms with Crippen LogP contribution in [0.1, 0.15) is 22.7 Å². The van der Waals surface area contributed by atoms with E-state index >= 15 is 0 Å². The molecule has 0 aliphatic rings. The van der Waals surface area contributed by atoms with Crippen LogP contribution in [0.2, 0.25) is 0 Å². The molecular formula is C13H15FN2S. The molecule has 1 aromatic heterocycles. The minimum Gasteiger partial charge on any atom is -0.271 e. The number of hydrogen-bond donors (Lipinski definition) is 2. The minimum absolute atomic E-state index is 0.0558. The SMILES string of the molecule is Cc1ccc(C(Cc2ccsc2)NN)cc1F. The van der Waals surface area contributed by atoms with E-state index in [1.165, 1.54) is 5.56 Å². The molecule has 0 spiro atoms. The third kappa shape index (κ3) is 2.91. The lowest BCUT2D eigenvalue weighted by molar-refractivity contribution is 0.544. The van der Waals surface area contributed by atoms with Crippen molar-refractivity contribution in [3.8, 4) is 0 Å². The van der Waals surface area contributed by atoms with Gasteiger partial charge in [0.2, 0.25) is 0 Å². The van der Waals surface area contributed by atoms with Crippen molar-refractivity contribution in [2.45, 2.75) is 19.4 Å². The summed E-state index contributed by atoms with van der Waals surface area (Å²) in [4.78, 5) is 0. The highest BCUT2D eigenvalue weighted by Gasteiger charge is 2.12. The monoisotopic (exact) mass is 250 g/mol. The van der Waals surface area contributed by atoms with E-state index in [0.29, 0.717) is 5.56 Å². The fourth-order valence-electron chi connectivity index (χ4n) is 1.74. The number of nitrogens with two attached hydrogens (primary N) is 1. The molecule has 0 aliphatic heterocycles. The Hall–Kier alpha value is -1.23. The number of thiophene rings is 1. The molecule has 3 N–H and O–H groups in total. The largest absolute Gasteiger partial charge is 0.271 e. The maximum atomic E-state index is 13.5. The average Bonchev–Trinajstić information content (AvgIpc) is 2.82. The number of aryl methyl sites for hydroxylation is 1. The molecule has 90 valence electrons. The highest BCUT2D eigenvalue weighted by molar-refractivity contribution is 7.07. The summed E-state index contributed by atoms with van der Waals surface area (Å²) in [7, 11) is 0. The summed E-state index contributed by atoms with van der Waals surface area (Å²) in [5, 5.41) is 4.10. The quantitative estimate of drug-likeness (QED) is 0.647. The van der Waals surface area contributed by atoms with Crippen LogP contribution in [0, 0.1) is 12.7 Å². The Morgan fingerprint density at radius 1 is 1.41 bits per heavy atom. The Morgan fingerprint density at radius 3 is 2.82 bits per heavy atom. The van der Waals surface area contributed by atoms with E-state index in [1.54, 1.807) is 30.4 Å². The van der Waals surface area contributed by atoms with Crippen LogP contribution in [-0.2, 0) is 6.42 Å². The van der Waals surface area contributed by atoms with Crippen molar-refractivity contribution >= 4 is 11.3 Å². The molecule has 0 bridgehead atoms. The molecule has 1 heterocycles. The molecule has 2 aromatic rings. The smallest absolute Gasteiger partial charge is 0.126 e. The first-order valence-corrected chi connectivity index (χ1v) is 6.38. The molecule has 1 aromatic carbocycles. The van der Waals surface area contributed by atoms with Crippen LogP contribution in [0.5, 0.6) is 0 Å². The van der Waals surface area contributed by atoms with Crippen molar-refractivity contribution in [1.82, 2.24) is 5.43 Å². The Bertz CT molecular complexity index is 482. The summed E-state index contributed by atoms with van der Waals surface area (Å²) in [5.41, 5.74) is 5.48. The van der Waals surface area contributed by atoms with E-state index < -0.39 is 0 Å². The van der Waals surface area contributed by atoms with Crippen molar-refractivity contribution in [3.05, 3.63) is 57.5 Å². The van der Waals surface area contributed by atoms with Crippen LogP contribution in [-0.4, -0.2) is 0 Å². The molecule has 17 heavy (non-hydrogen) atoms. The van der Waals surface area contributed by atoms with E-state index in [2.05, 4.69) is 16.9 Å². The maximum absolute atomic E-state index is 13.5. The molecule has 4 heteroatoms. The van der Waals surface area contributed by atoms with Gasteiger partial charge >= 0.3 is 0 Å². The van der Waals surface area contributed by atoms with Gasteiger partial charge < -0.3 is 0 Å². The molecule has 0 saturated carbocycles. The maximum Gasteiger partial charge on any atom is 0.126 e. The van der Waals surface area contributed by atoms with Crippen LogP contribution in [0.4, 0.5) is 4.39 Å². The van der Waals surface area contributed by atoms with Gasteiger partial charge in [0.05, 0.1) is 6.04 Å². The van der Waals surface area contributed by atoms with Gasteiger partial charge in [-0.2, -0.15) is 11.3 Å². The predicted molar refractivity (Wildman–Crippen MR) is 69.2 cm³/mol. The van der Waals surface area contributed by atoms with Gasteiger partial charge in [-0.25, -0.2) is 4.39 Å². The first-order valence-electron chi connectivity index (χ1n) is 5.44. The summed E-state index contributed by atoms with van der Waals surface area (Å²) in [5.74, 6) is 5.35. The Morgan fingerprint density at radius 2 is 2.24 bits per heavy atom. The summed E-state index contributed by atoms with van der Waals surface area (Å²) in [6, 6.07) is 7.24. The third-order valence-electron chi connectivity index (χ3n) is 2.82. The Kier molecular flexibility index (Phi) is 3.89. The van der Waals surface area contributed by atoms with Gasteiger partial charge in [-0.3, -0.25) is 11.3 Å². The van der Waals surface area contributed by atoms with Gasteiger partial charge in [0, 0.05) is 0 Å². The topological polar surface area (TPSA) is 38.0 Å². The first-order chi connectivity index (χ1) is 8.20. The van der Waals surface area contributed by atoms with Gasteiger partial charge in [-0.05, 0) is 52.9 Å². The van der Waals surface area contributed by atoms with Crippen molar-refractivity contribution < 1.29 is 4.39 Å². The second-order valence-electron chi connectivity index (χ2n) is 4.06. The fourth-order valence-corrected chi connectivity index (χ4v) is 2.42. The number of halogens is 1. The highest BCUT2D eigenvalue weighted by Crippen LogP contribution is 2.21. The van der Waals surface area contributed by atoms with E-state index in [-0.39, 0.29) is 11.9 Å². The summed E-state index contributed by atoms with van der Waals surface area (Å²) < 4.78 is 13.5. The van der Waals surface area contributed by atoms with Crippen LogP contribution >= 0.6 is 11.3 Å². The second-order valence-corrected chi connectivity index (χ2v) is 4.84. The van der Waals surface area contributed by atoms with Gasteiger partial charge in [-0.15, -0.1) is 0 Å². The summed E-state index contributed by atoms with van der Waals surface area (Å²) in [6.45, 7) is 1.75. The van der Waals surface area contributed by atoms with Crippen molar-refractivity contribution in [2.24, 2.45) is 5.84 Å². The summed E-state index contributed by atoms with van der Waals surface area (Å²) in [6.07, 6.45) is 0.766. The molecule has 1 unspecified atom stereocenters. The first kappa shape index (κ1) is 12.2. The number of hydrogen-bond acceptors (Lipinski definition) is 3. The lowest BCUT2D eigenvalue weighted by Crippen LogP contribution is -2.29. The highest BCUT2D eigenvalue weighted by atomic mass is 32.1. The van der Waals surface area contributed by atoms with Gasteiger partial charge in [0.1, 0.15) is 5.82 Å². The molecule has 0 saturated heterocycles. The van der Waals surface area contributed by atoms with E-state index in [9.17, 15) is 4.39 Å². The Labute approximate surface area is 104 Å². The summed E-state index contributed by atoms with van der Waals surface area (Å²) >= 11 is 1.65. The molecule has 0 fully saturated rings. The molecule has 0 radical (unpaired) electrons. The fraction of sp³-hybridized carbons (Fsp3) is 0.231. The van der Waals surface area contributed by atoms with Crippen LogP contribution in [0.25, 0.3) is 0 Å². The number of rotatable bonds is 4. The average molecular weight is 250 g/mol. The van der Waals surface area contributed by atoms with E-state index in [0.717, 1.165) is 12.0 Å². The number of nitrogens with one attached hydrogen (secondary N) is 1. The normalized spacial score (nSPS) is 12.6. The zero-order chi connectivity index (χ0) is 12.3. The molecule has 0 aliphatic carbocycles. The molecular weight excluding hydrogens is 235 g/mol. The predicted octanol–water partition coefficient (Wildman–Crippen LogP) is 2.94. The van der Waals surface area contributed by atoms with Crippen LogP contribution in [0.15, 0.2) is 35.0 Å². The lowest BCUT2D eigenvalue weighted by atomic mass is 10.00. The molecule has 0 amide bonds. The molecule has 1 atom stereocenters. The third-order valence-corrected chi connectivity index (χ3v) is 3.55. The lowest BCUT2D eigenvalue weighted by Gasteiger charge is -2.16. The van der Waals surface area contributed by atoms with Crippen molar-refractivity contribution in [2.75, 3.05) is 0 Å². The zero-order valence-electron chi connectivity index (χ0n) is 9.61. The van der Waals surface area contributed by atoms with E-state index in [1.807, 2.05) is 11.4 Å². The van der Waals surface area contributed by atoms with Crippen molar-refractivity contribution in [1.29, 1.82) is 0 Å². The zero-order valence-corrected chi connectivity index (χ0v) is 10.4. The van der Waals surface area contributed by atoms with Gasteiger partial charge in [0.15, 0.2) is 0 Å². The molecule has 2 nitrogen and oxygen atoms in total. The molecule has 2 rings (SSSR count).